The van der Waals surface area contributed by atoms with E-state index in [-0.39, 0.29) is 0 Å². The van der Waals surface area contributed by atoms with Gasteiger partial charge in [-0.2, -0.15) is 0 Å². The second kappa shape index (κ2) is 5.92. The predicted molar refractivity (Wildman–Crippen MR) is 87.6 cm³/mol. The summed E-state index contributed by atoms with van der Waals surface area (Å²) in [6.07, 6.45) is 2.29. The normalized spacial score (nSPS) is 14.0. The van der Waals surface area contributed by atoms with Gasteiger partial charge in [0.15, 0.2) is 0 Å². The summed E-state index contributed by atoms with van der Waals surface area (Å²) in [5, 5.41) is 0.674. The smallest absolute Gasteiger partial charge is 0.140 e. The Morgan fingerprint density at radius 2 is 2.19 bits per heavy atom. The molecule has 1 aliphatic rings. The third kappa shape index (κ3) is 2.96. The van der Waals surface area contributed by atoms with Gasteiger partial charge in [-0.15, -0.1) is 0 Å². The number of nitrogens with two attached hydrogens (primary N) is 1. The third-order valence-corrected chi connectivity index (χ3v) is 4.20. The van der Waals surface area contributed by atoms with Crippen LogP contribution in [0.3, 0.4) is 0 Å². The Bertz CT molecular complexity index is 657. The van der Waals surface area contributed by atoms with Gasteiger partial charge in [-0.25, -0.2) is 10.8 Å². The van der Waals surface area contributed by atoms with Gasteiger partial charge in [-0.1, -0.05) is 29.3 Å². The molecule has 1 aromatic heterocycles. The van der Waals surface area contributed by atoms with Crippen LogP contribution >= 0.6 is 11.6 Å². The molecular weight excluding hydrogens is 284 g/mol. The fraction of sp³-hybridized carbons (Fsp3) is 0.312. The van der Waals surface area contributed by atoms with Gasteiger partial charge < -0.3 is 10.3 Å². The van der Waals surface area contributed by atoms with E-state index in [9.17, 15) is 0 Å². The van der Waals surface area contributed by atoms with Crippen molar-refractivity contribution in [2.75, 3.05) is 16.9 Å². The fourth-order valence-electron chi connectivity index (χ4n) is 2.82. The monoisotopic (exact) mass is 302 g/mol. The fourth-order valence-corrected chi connectivity index (χ4v) is 2.99. The van der Waals surface area contributed by atoms with Gasteiger partial charge in [0.1, 0.15) is 5.82 Å². The quantitative estimate of drug-likeness (QED) is 0.675. The lowest BCUT2D eigenvalue weighted by atomic mass is 9.99. The average molecular weight is 303 g/mol. The Hall–Kier alpha value is -1.78. The molecule has 3 rings (SSSR count). The lowest BCUT2D eigenvalue weighted by Gasteiger charge is -2.31. The van der Waals surface area contributed by atoms with Crippen LogP contribution in [0.5, 0.6) is 0 Å². The Balaban J connectivity index is 1.90. The summed E-state index contributed by atoms with van der Waals surface area (Å²) in [4.78, 5) is 6.81. The number of halogens is 1. The summed E-state index contributed by atoms with van der Waals surface area (Å²) in [6, 6.07) is 10.2. The van der Waals surface area contributed by atoms with E-state index in [0.717, 1.165) is 25.1 Å². The van der Waals surface area contributed by atoms with Crippen LogP contribution in [0.2, 0.25) is 5.02 Å². The number of anilines is 2. The molecule has 21 heavy (non-hydrogen) atoms. The molecule has 2 heterocycles. The number of hydrogen-bond donors (Lipinski definition) is 2. The van der Waals surface area contributed by atoms with Crippen molar-refractivity contribution in [3.05, 3.63) is 52.2 Å². The summed E-state index contributed by atoms with van der Waals surface area (Å²) in [5.41, 5.74) is 7.42. The van der Waals surface area contributed by atoms with Crippen molar-refractivity contribution in [2.24, 2.45) is 5.84 Å². The molecule has 0 bridgehead atoms. The first-order valence-corrected chi connectivity index (χ1v) is 7.51. The second-order valence-corrected chi connectivity index (χ2v) is 5.83. The van der Waals surface area contributed by atoms with E-state index < -0.39 is 0 Å². The maximum Gasteiger partial charge on any atom is 0.140 e. The molecular formula is C16H19ClN4. The first-order chi connectivity index (χ1) is 10.2. The van der Waals surface area contributed by atoms with Crippen molar-refractivity contribution in [3.8, 4) is 0 Å². The van der Waals surface area contributed by atoms with Crippen LogP contribution in [-0.4, -0.2) is 11.5 Å². The van der Waals surface area contributed by atoms with Crippen LogP contribution in [0.25, 0.3) is 0 Å². The number of pyridine rings is 1. The molecule has 0 atom stereocenters. The minimum Gasteiger partial charge on any atom is -0.365 e. The lowest BCUT2D eigenvalue weighted by molar-refractivity contribution is 0.684. The zero-order valence-corrected chi connectivity index (χ0v) is 12.8. The maximum atomic E-state index is 6.27. The van der Waals surface area contributed by atoms with Crippen molar-refractivity contribution in [2.45, 2.75) is 26.3 Å². The van der Waals surface area contributed by atoms with Gasteiger partial charge in [-0.3, -0.25) is 0 Å². The molecule has 1 aromatic carbocycles. The highest BCUT2D eigenvalue weighted by molar-refractivity contribution is 6.31. The van der Waals surface area contributed by atoms with Crippen LogP contribution < -0.4 is 16.2 Å². The number of fused-ring (bicyclic) bond motifs is 1. The number of benzene rings is 1. The van der Waals surface area contributed by atoms with Gasteiger partial charge in [-0.05, 0) is 43.5 Å². The molecule has 0 saturated heterocycles. The molecule has 4 nitrogen and oxygen atoms in total. The molecule has 110 valence electrons. The van der Waals surface area contributed by atoms with E-state index in [1.165, 1.54) is 16.8 Å². The van der Waals surface area contributed by atoms with Crippen molar-refractivity contribution < 1.29 is 0 Å². The molecule has 0 unspecified atom stereocenters. The van der Waals surface area contributed by atoms with Gasteiger partial charge in [0.2, 0.25) is 0 Å². The Morgan fingerprint density at radius 1 is 1.33 bits per heavy atom. The van der Waals surface area contributed by atoms with Crippen LogP contribution in [0.15, 0.2) is 30.3 Å². The van der Waals surface area contributed by atoms with Crippen molar-refractivity contribution in [1.82, 2.24) is 4.98 Å². The molecule has 1 aliphatic heterocycles. The van der Waals surface area contributed by atoms with Gasteiger partial charge >= 0.3 is 0 Å². The SMILES string of the molecule is Cc1ccc2c(c1)CCCN2Cc1nc(NN)ccc1Cl. The highest BCUT2D eigenvalue weighted by atomic mass is 35.5. The van der Waals surface area contributed by atoms with E-state index in [1.54, 1.807) is 6.07 Å². The third-order valence-electron chi connectivity index (χ3n) is 3.86. The van der Waals surface area contributed by atoms with Crippen LogP contribution in [0, 0.1) is 6.92 Å². The van der Waals surface area contributed by atoms with Crippen LogP contribution in [0.4, 0.5) is 11.5 Å². The summed E-state index contributed by atoms with van der Waals surface area (Å²) in [6.45, 7) is 3.85. The summed E-state index contributed by atoms with van der Waals surface area (Å²) < 4.78 is 0. The standard InChI is InChI=1S/C16H19ClN4/c1-11-4-6-15-12(9-11)3-2-8-21(15)10-14-13(17)5-7-16(19-14)20-18/h4-7,9H,2-3,8,10,18H2,1H3,(H,19,20). The number of rotatable bonds is 3. The van der Waals surface area contributed by atoms with Crippen LogP contribution in [0.1, 0.15) is 23.2 Å². The molecule has 0 amide bonds. The lowest BCUT2D eigenvalue weighted by Crippen LogP contribution is -2.29. The number of aromatic nitrogens is 1. The number of nitrogen functional groups attached to an aromatic ring is 1. The highest BCUT2D eigenvalue weighted by Crippen LogP contribution is 2.30. The number of hydrogen-bond acceptors (Lipinski definition) is 4. The van der Waals surface area contributed by atoms with E-state index in [2.05, 4.69) is 40.4 Å². The molecule has 0 spiro atoms. The predicted octanol–water partition coefficient (Wildman–Crippen LogP) is 3.28. The number of hydrazine groups is 1. The van der Waals surface area contributed by atoms with Crippen molar-refractivity contribution in [3.63, 3.8) is 0 Å². The van der Waals surface area contributed by atoms with Gasteiger partial charge in [0.05, 0.1) is 17.3 Å². The first kappa shape index (κ1) is 14.2. The Morgan fingerprint density at radius 3 is 3.00 bits per heavy atom. The van der Waals surface area contributed by atoms with Crippen molar-refractivity contribution >= 4 is 23.1 Å². The summed E-state index contributed by atoms with van der Waals surface area (Å²) in [7, 11) is 0. The second-order valence-electron chi connectivity index (χ2n) is 5.43. The molecule has 0 saturated carbocycles. The van der Waals surface area contributed by atoms with Crippen LogP contribution in [-0.2, 0) is 13.0 Å². The Labute approximate surface area is 129 Å². The average Bonchev–Trinajstić information content (AvgIpc) is 2.49. The first-order valence-electron chi connectivity index (χ1n) is 7.14. The maximum absolute atomic E-state index is 6.27. The van der Waals surface area contributed by atoms with Gasteiger partial charge in [0, 0.05) is 12.2 Å². The topological polar surface area (TPSA) is 54.2 Å². The zero-order valence-electron chi connectivity index (χ0n) is 12.1. The minimum atomic E-state index is 0.635. The zero-order chi connectivity index (χ0) is 14.8. The summed E-state index contributed by atoms with van der Waals surface area (Å²) in [5.74, 6) is 6.06. The molecule has 5 heteroatoms. The number of aryl methyl sites for hydroxylation is 2. The number of nitrogens with one attached hydrogen (secondary N) is 1. The van der Waals surface area contributed by atoms with E-state index in [0.29, 0.717) is 17.4 Å². The molecule has 0 radical (unpaired) electrons. The Kier molecular flexibility index (Phi) is 3.99. The van der Waals surface area contributed by atoms with E-state index in [1.807, 2.05) is 6.07 Å². The highest BCUT2D eigenvalue weighted by Gasteiger charge is 2.18. The van der Waals surface area contributed by atoms with E-state index >= 15 is 0 Å². The van der Waals surface area contributed by atoms with E-state index in [4.69, 9.17) is 17.4 Å². The molecule has 2 aromatic rings. The summed E-state index contributed by atoms with van der Waals surface area (Å²) >= 11 is 6.27. The van der Waals surface area contributed by atoms with Gasteiger partial charge in [0.25, 0.3) is 0 Å². The minimum absolute atomic E-state index is 0.635. The largest absolute Gasteiger partial charge is 0.365 e. The number of nitrogens with zero attached hydrogens (tertiary/aromatic N) is 2. The molecule has 3 N–H and O–H groups in total. The van der Waals surface area contributed by atoms with Crippen molar-refractivity contribution in [1.29, 1.82) is 0 Å². The molecule has 0 aliphatic carbocycles. The molecule has 0 fully saturated rings.